The van der Waals surface area contributed by atoms with Gasteiger partial charge in [0.15, 0.2) is 0 Å². The highest BCUT2D eigenvalue weighted by molar-refractivity contribution is 5.59. The third-order valence-electron chi connectivity index (χ3n) is 4.34. The van der Waals surface area contributed by atoms with Crippen LogP contribution in [0.25, 0.3) is 11.3 Å². The van der Waals surface area contributed by atoms with Crippen molar-refractivity contribution in [2.24, 2.45) is 5.73 Å². The van der Waals surface area contributed by atoms with E-state index in [-0.39, 0.29) is 5.92 Å². The van der Waals surface area contributed by atoms with E-state index in [0.29, 0.717) is 6.54 Å². The number of nitrogens with one attached hydrogen (secondary N) is 1. The van der Waals surface area contributed by atoms with Crippen LogP contribution in [0.5, 0.6) is 5.75 Å². The van der Waals surface area contributed by atoms with Crippen LogP contribution in [-0.2, 0) is 0 Å². The first kappa shape index (κ1) is 17.2. The van der Waals surface area contributed by atoms with Crippen LogP contribution < -0.4 is 10.5 Å². The molecule has 1 atom stereocenters. The lowest BCUT2D eigenvalue weighted by atomic mass is 9.94. The van der Waals surface area contributed by atoms with Gasteiger partial charge in [-0.2, -0.15) is 5.10 Å². The Morgan fingerprint density at radius 3 is 2.60 bits per heavy atom. The first-order valence-electron chi connectivity index (χ1n) is 8.77. The molecular formula is C21H25N3O. The predicted molar refractivity (Wildman–Crippen MR) is 102 cm³/mol. The molecule has 25 heavy (non-hydrogen) atoms. The maximum atomic E-state index is 6.07. The quantitative estimate of drug-likeness (QED) is 0.678. The highest BCUT2D eigenvalue weighted by Gasteiger charge is 2.17. The Balaban J connectivity index is 1.85. The fourth-order valence-electron chi connectivity index (χ4n) is 2.98. The maximum absolute atomic E-state index is 6.07. The minimum absolute atomic E-state index is 0.0869. The van der Waals surface area contributed by atoms with Crippen molar-refractivity contribution in [3.05, 3.63) is 71.4 Å². The van der Waals surface area contributed by atoms with Crippen molar-refractivity contribution < 1.29 is 4.74 Å². The van der Waals surface area contributed by atoms with Crippen molar-refractivity contribution in [1.82, 2.24) is 10.2 Å². The number of hydrogen-bond acceptors (Lipinski definition) is 3. The first-order valence-corrected chi connectivity index (χ1v) is 8.77. The van der Waals surface area contributed by atoms with Crippen LogP contribution in [0.3, 0.4) is 0 Å². The number of H-pyrrole nitrogens is 1. The van der Waals surface area contributed by atoms with Crippen LogP contribution in [0.4, 0.5) is 0 Å². The Kier molecular flexibility index (Phi) is 5.51. The number of aromatic amines is 1. The van der Waals surface area contributed by atoms with Gasteiger partial charge in [0.2, 0.25) is 0 Å². The van der Waals surface area contributed by atoms with Crippen LogP contribution >= 0.6 is 0 Å². The fraction of sp³-hybridized carbons (Fsp3) is 0.286. The summed E-state index contributed by atoms with van der Waals surface area (Å²) < 4.78 is 5.77. The van der Waals surface area contributed by atoms with E-state index >= 15 is 0 Å². The third kappa shape index (κ3) is 3.91. The molecule has 1 unspecified atom stereocenters. The maximum Gasteiger partial charge on any atom is 0.122 e. The summed E-state index contributed by atoms with van der Waals surface area (Å²) in [7, 11) is 0. The molecule has 0 amide bonds. The van der Waals surface area contributed by atoms with E-state index in [1.165, 1.54) is 5.56 Å². The number of aryl methyl sites for hydroxylation is 1. The number of aromatic nitrogens is 2. The molecule has 3 aromatic rings. The number of rotatable bonds is 7. The highest BCUT2D eigenvalue weighted by Crippen LogP contribution is 2.29. The molecule has 0 aliphatic rings. The van der Waals surface area contributed by atoms with Crippen molar-refractivity contribution in [2.45, 2.75) is 26.2 Å². The largest absolute Gasteiger partial charge is 0.493 e. The second-order valence-electron chi connectivity index (χ2n) is 6.24. The minimum atomic E-state index is 0.0869. The van der Waals surface area contributed by atoms with E-state index in [4.69, 9.17) is 10.5 Å². The molecule has 1 aromatic heterocycles. The molecule has 0 bridgehead atoms. The van der Waals surface area contributed by atoms with Crippen LogP contribution in [0.2, 0.25) is 0 Å². The average Bonchev–Trinajstić information content (AvgIpc) is 3.12. The van der Waals surface area contributed by atoms with Crippen LogP contribution in [0.1, 0.15) is 36.1 Å². The zero-order valence-corrected chi connectivity index (χ0v) is 14.8. The topological polar surface area (TPSA) is 63.9 Å². The highest BCUT2D eigenvalue weighted by atomic mass is 16.5. The summed E-state index contributed by atoms with van der Waals surface area (Å²) in [6.45, 7) is 5.44. The molecule has 0 spiro atoms. The molecule has 0 saturated carbocycles. The molecule has 3 rings (SSSR count). The van der Waals surface area contributed by atoms with Crippen LogP contribution in [0.15, 0.2) is 54.6 Å². The second kappa shape index (κ2) is 7.99. The summed E-state index contributed by atoms with van der Waals surface area (Å²) in [6.07, 6.45) is 1.00. The first-order chi connectivity index (χ1) is 12.2. The number of ether oxygens (including phenoxy) is 1. The molecule has 0 aliphatic heterocycles. The van der Waals surface area contributed by atoms with Gasteiger partial charge in [0.25, 0.3) is 0 Å². The predicted octanol–water partition coefficient (Wildman–Crippen LogP) is 4.26. The summed E-state index contributed by atoms with van der Waals surface area (Å²) in [4.78, 5) is 0. The molecule has 0 aliphatic carbocycles. The van der Waals surface area contributed by atoms with Gasteiger partial charge in [-0.3, -0.25) is 5.10 Å². The van der Waals surface area contributed by atoms with E-state index in [2.05, 4.69) is 54.4 Å². The molecule has 4 nitrogen and oxygen atoms in total. The molecule has 130 valence electrons. The number of nitrogens with two attached hydrogens (primary N) is 1. The summed E-state index contributed by atoms with van der Waals surface area (Å²) in [5.74, 6) is 1.03. The molecule has 3 N–H and O–H groups in total. The van der Waals surface area contributed by atoms with Crippen molar-refractivity contribution in [3.63, 3.8) is 0 Å². The van der Waals surface area contributed by atoms with Gasteiger partial charge in [-0.25, -0.2) is 0 Å². The van der Waals surface area contributed by atoms with Crippen molar-refractivity contribution in [2.75, 3.05) is 13.2 Å². The lowest BCUT2D eigenvalue weighted by Gasteiger charge is -2.16. The zero-order valence-electron chi connectivity index (χ0n) is 14.8. The van der Waals surface area contributed by atoms with E-state index in [1.807, 2.05) is 24.3 Å². The van der Waals surface area contributed by atoms with Crippen LogP contribution in [0, 0.1) is 6.92 Å². The van der Waals surface area contributed by atoms with Gasteiger partial charge in [0.05, 0.1) is 12.3 Å². The van der Waals surface area contributed by atoms with Crippen LogP contribution in [-0.4, -0.2) is 23.3 Å². The van der Waals surface area contributed by atoms with Gasteiger partial charge in [-0.05, 0) is 36.6 Å². The number of benzene rings is 2. The van der Waals surface area contributed by atoms with E-state index in [9.17, 15) is 0 Å². The molecule has 0 saturated heterocycles. The number of hydrogen-bond donors (Lipinski definition) is 2. The Morgan fingerprint density at radius 2 is 1.92 bits per heavy atom. The van der Waals surface area contributed by atoms with Gasteiger partial charge >= 0.3 is 0 Å². The summed E-state index contributed by atoms with van der Waals surface area (Å²) in [5, 5.41) is 7.62. The SMILES string of the molecule is CCCOc1ccc(C(CN)c2cc(-c3ccccc3)n[nH]2)cc1C. The zero-order chi connectivity index (χ0) is 17.6. The van der Waals surface area contributed by atoms with Gasteiger partial charge in [0, 0.05) is 23.7 Å². The molecular weight excluding hydrogens is 310 g/mol. The normalized spacial score (nSPS) is 12.1. The molecule has 2 aromatic carbocycles. The van der Waals surface area contributed by atoms with Crippen molar-refractivity contribution in [1.29, 1.82) is 0 Å². The Hall–Kier alpha value is -2.59. The molecule has 0 fully saturated rings. The monoisotopic (exact) mass is 335 g/mol. The molecule has 1 heterocycles. The second-order valence-corrected chi connectivity index (χ2v) is 6.24. The third-order valence-corrected chi connectivity index (χ3v) is 4.34. The van der Waals surface area contributed by atoms with E-state index in [1.54, 1.807) is 0 Å². The minimum Gasteiger partial charge on any atom is -0.493 e. The van der Waals surface area contributed by atoms with E-state index in [0.717, 1.165) is 41.3 Å². The standard InChI is InChI=1S/C21H25N3O/c1-3-11-25-21-10-9-17(12-15(21)2)18(14-22)20-13-19(23-24-20)16-7-5-4-6-8-16/h4-10,12-13,18H,3,11,14,22H2,1-2H3,(H,23,24). The van der Waals surface area contributed by atoms with E-state index < -0.39 is 0 Å². The molecule has 4 heteroatoms. The summed E-state index contributed by atoms with van der Waals surface area (Å²) in [5.41, 5.74) is 11.4. The number of nitrogens with zero attached hydrogens (tertiary/aromatic N) is 1. The summed E-state index contributed by atoms with van der Waals surface area (Å²) in [6, 6.07) is 18.5. The smallest absolute Gasteiger partial charge is 0.122 e. The average molecular weight is 335 g/mol. The summed E-state index contributed by atoms with van der Waals surface area (Å²) >= 11 is 0. The van der Waals surface area contributed by atoms with Gasteiger partial charge in [-0.1, -0.05) is 49.4 Å². The Bertz CT molecular complexity index is 811. The molecule has 0 radical (unpaired) electrons. The lowest BCUT2D eigenvalue weighted by Crippen LogP contribution is -2.14. The Morgan fingerprint density at radius 1 is 1.12 bits per heavy atom. The lowest BCUT2D eigenvalue weighted by molar-refractivity contribution is 0.315. The van der Waals surface area contributed by atoms with Gasteiger partial charge in [0.1, 0.15) is 5.75 Å². The van der Waals surface area contributed by atoms with Gasteiger partial charge in [-0.15, -0.1) is 0 Å². The fourth-order valence-corrected chi connectivity index (χ4v) is 2.98. The van der Waals surface area contributed by atoms with Crippen molar-refractivity contribution in [3.8, 4) is 17.0 Å². The van der Waals surface area contributed by atoms with Gasteiger partial charge < -0.3 is 10.5 Å². The Labute approximate surface area is 149 Å². The van der Waals surface area contributed by atoms with Crippen molar-refractivity contribution >= 4 is 0 Å².